The van der Waals surface area contributed by atoms with Gasteiger partial charge in [-0.05, 0) is 20.8 Å². The highest BCUT2D eigenvalue weighted by atomic mass is 16.6. The minimum atomic E-state index is -0.503. The number of hydrogen-bond acceptors (Lipinski definition) is 6. The van der Waals surface area contributed by atoms with E-state index in [1.165, 1.54) is 7.11 Å². The molecule has 0 saturated carbocycles. The first-order valence-electron chi connectivity index (χ1n) is 6.34. The standard InChI is InChI=1S/C12H23N3O4/c1-12(2,3)19-11(17)13-15-7-5-14(6-8-15)9-10(16)18-4/h5-9H2,1-4H3,(H,13,17). The van der Waals surface area contributed by atoms with Crippen LogP contribution in [0.3, 0.4) is 0 Å². The van der Waals surface area contributed by atoms with Crippen molar-refractivity contribution in [3.05, 3.63) is 0 Å². The molecule has 7 heteroatoms. The second-order valence-electron chi connectivity index (χ2n) is 5.45. The molecule has 1 N–H and O–H groups in total. The smallest absolute Gasteiger partial charge is 0.422 e. The van der Waals surface area contributed by atoms with Crippen molar-refractivity contribution in [2.75, 3.05) is 39.8 Å². The lowest BCUT2D eigenvalue weighted by atomic mass is 10.2. The topological polar surface area (TPSA) is 71.1 Å². The lowest BCUT2D eigenvalue weighted by Crippen LogP contribution is -2.55. The summed E-state index contributed by atoms with van der Waals surface area (Å²) in [4.78, 5) is 24.7. The highest BCUT2D eigenvalue weighted by Crippen LogP contribution is 2.07. The van der Waals surface area contributed by atoms with E-state index in [-0.39, 0.29) is 12.5 Å². The number of esters is 1. The summed E-state index contributed by atoms with van der Waals surface area (Å²) < 4.78 is 9.79. The maximum absolute atomic E-state index is 11.6. The molecule has 0 aromatic carbocycles. The number of piperazine rings is 1. The highest BCUT2D eigenvalue weighted by Gasteiger charge is 2.22. The number of nitrogens with one attached hydrogen (secondary N) is 1. The summed E-state index contributed by atoms with van der Waals surface area (Å²) in [6.45, 7) is 8.45. The monoisotopic (exact) mass is 273 g/mol. The minimum Gasteiger partial charge on any atom is -0.468 e. The van der Waals surface area contributed by atoms with Crippen LogP contribution in [0.15, 0.2) is 0 Å². The van der Waals surface area contributed by atoms with Crippen LogP contribution in [0.1, 0.15) is 20.8 Å². The molecule has 1 fully saturated rings. The van der Waals surface area contributed by atoms with Gasteiger partial charge in [0.05, 0.1) is 13.7 Å². The number of ether oxygens (including phenoxy) is 2. The van der Waals surface area contributed by atoms with Crippen molar-refractivity contribution in [2.24, 2.45) is 0 Å². The summed E-state index contributed by atoms with van der Waals surface area (Å²) in [5.41, 5.74) is 2.19. The normalized spacial score (nSPS) is 17.9. The SMILES string of the molecule is COC(=O)CN1CCN(NC(=O)OC(C)(C)C)CC1. The molecule has 1 saturated heterocycles. The molecule has 0 aliphatic carbocycles. The zero-order valence-corrected chi connectivity index (χ0v) is 12.1. The van der Waals surface area contributed by atoms with Crippen LogP contribution in [0.5, 0.6) is 0 Å². The van der Waals surface area contributed by atoms with Gasteiger partial charge in [-0.25, -0.2) is 9.80 Å². The van der Waals surface area contributed by atoms with Gasteiger partial charge in [-0.3, -0.25) is 15.1 Å². The van der Waals surface area contributed by atoms with E-state index in [1.807, 2.05) is 25.7 Å². The van der Waals surface area contributed by atoms with E-state index in [2.05, 4.69) is 10.2 Å². The maximum Gasteiger partial charge on any atom is 0.422 e. The second kappa shape index (κ2) is 6.72. The number of hydrogen-bond donors (Lipinski definition) is 1. The van der Waals surface area contributed by atoms with Gasteiger partial charge in [0.2, 0.25) is 0 Å². The van der Waals surface area contributed by atoms with Crippen molar-refractivity contribution >= 4 is 12.1 Å². The fourth-order valence-electron chi connectivity index (χ4n) is 1.69. The molecule has 1 amide bonds. The molecule has 1 aliphatic heterocycles. The quantitative estimate of drug-likeness (QED) is 0.742. The van der Waals surface area contributed by atoms with E-state index in [4.69, 9.17) is 4.74 Å². The Labute approximate surface area is 113 Å². The largest absolute Gasteiger partial charge is 0.468 e. The Balaban J connectivity index is 2.26. The molecule has 1 aliphatic rings. The van der Waals surface area contributed by atoms with Crippen LogP contribution in [-0.2, 0) is 14.3 Å². The summed E-state index contributed by atoms with van der Waals surface area (Å²) in [6, 6.07) is 0. The first-order chi connectivity index (χ1) is 8.80. The van der Waals surface area contributed by atoms with E-state index in [1.54, 1.807) is 5.01 Å². The van der Waals surface area contributed by atoms with Crippen molar-refractivity contribution < 1.29 is 19.1 Å². The fraction of sp³-hybridized carbons (Fsp3) is 0.833. The van der Waals surface area contributed by atoms with Crippen molar-refractivity contribution in [2.45, 2.75) is 26.4 Å². The molecular weight excluding hydrogens is 250 g/mol. The van der Waals surface area contributed by atoms with Gasteiger partial charge >= 0.3 is 12.1 Å². The van der Waals surface area contributed by atoms with Crippen LogP contribution in [-0.4, -0.2) is 67.4 Å². The summed E-state index contributed by atoms with van der Waals surface area (Å²) >= 11 is 0. The molecule has 0 radical (unpaired) electrons. The maximum atomic E-state index is 11.6. The Morgan fingerprint density at radius 2 is 1.74 bits per heavy atom. The van der Waals surface area contributed by atoms with Crippen molar-refractivity contribution in [1.82, 2.24) is 15.3 Å². The Hall–Kier alpha value is -1.34. The molecular formula is C12H23N3O4. The first kappa shape index (κ1) is 15.7. The zero-order chi connectivity index (χ0) is 14.5. The van der Waals surface area contributed by atoms with Gasteiger partial charge < -0.3 is 9.47 Å². The van der Waals surface area contributed by atoms with Crippen LogP contribution >= 0.6 is 0 Å². The van der Waals surface area contributed by atoms with Gasteiger partial charge in [0.15, 0.2) is 0 Å². The van der Waals surface area contributed by atoms with Crippen molar-refractivity contribution in [1.29, 1.82) is 0 Å². The Morgan fingerprint density at radius 3 is 2.21 bits per heavy atom. The van der Waals surface area contributed by atoms with Gasteiger partial charge in [0.1, 0.15) is 5.60 Å². The van der Waals surface area contributed by atoms with Crippen LogP contribution in [0.25, 0.3) is 0 Å². The van der Waals surface area contributed by atoms with Crippen LogP contribution in [0, 0.1) is 0 Å². The fourth-order valence-corrected chi connectivity index (χ4v) is 1.69. The summed E-state index contributed by atoms with van der Waals surface area (Å²) in [5.74, 6) is -0.242. The van der Waals surface area contributed by atoms with Gasteiger partial charge in [0.25, 0.3) is 0 Å². The van der Waals surface area contributed by atoms with E-state index in [0.717, 1.165) is 0 Å². The second-order valence-corrected chi connectivity index (χ2v) is 5.45. The van der Waals surface area contributed by atoms with Crippen molar-refractivity contribution in [3.8, 4) is 0 Å². The van der Waals surface area contributed by atoms with E-state index in [9.17, 15) is 9.59 Å². The molecule has 0 aromatic rings. The molecule has 19 heavy (non-hydrogen) atoms. The number of hydrazine groups is 1. The Kier molecular flexibility index (Phi) is 5.56. The summed E-state index contributed by atoms with van der Waals surface area (Å²) in [6.07, 6.45) is -0.450. The van der Waals surface area contributed by atoms with E-state index < -0.39 is 11.7 Å². The molecule has 0 spiro atoms. The van der Waals surface area contributed by atoms with Crippen LogP contribution in [0.4, 0.5) is 4.79 Å². The summed E-state index contributed by atoms with van der Waals surface area (Å²) in [7, 11) is 1.38. The third kappa shape index (κ3) is 6.40. The molecule has 0 aromatic heterocycles. The van der Waals surface area contributed by atoms with Gasteiger partial charge in [0, 0.05) is 26.2 Å². The number of amides is 1. The zero-order valence-electron chi connectivity index (χ0n) is 12.1. The predicted molar refractivity (Wildman–Crippen MR) is 69.4 cm³/mol. The lowest BCUT2D eigenvalue weighted by molar-refractivity contribution is -0.142. The minimum absolute atomic E-state index is 0.242. The Morgan fingerprint density at radius 1 is 1.16 bits per heavy atom. The van der Waals surface area contributed by atoms with Crippen LogP contribution in [0.2, 0.25) is 0 Å². The lowest BCUT2D eigenvalue weighted by Gasteiger charge is -2.34. The molecule has 1 rings (SSSR count). The first-order valence-corrected chi connectivity index (χ1v) is 6.34. The van der Waals surface area contributed by atoms with E-state index >= 15 is 0 Å². The number of nitrogens with zero attached hydrogens (tertiary/aromatic N) is 2. The number of carbonyl (C=O) groups excluding carboxylic acids is 2. The van der Waals surface area contributed by atoms with E-state index in [0.29, 0.717) is 26.2 Å². The van der Waals surface area contributed by atoms with Gasteiger partial charge in [-0.1, -0.05) is 0 Å². The predicted octanol–water partition coefficient (Wildman–Crippen LogP) is 0.217. The molecule has 110 valence electrons. The number of carbonyl (C=O) groups is 2. The van der Waals surface area contributed by atoms with Crippen LogP contribution < -0.4 is 5.43 Å². The van der Waals surface area contributed by atoms with Gasteiger partial charge in [-0.2, -0.15) is 0 Å². The third-order valence-electron chi connectivity index (χ3n) is 2.60. The average Bonchev–Trinajstić information content (AvgIpc) is 2.29. The Bertz CT molecular complexity index is 319. The molecule has 0 unspecified atom stereocenters. The average molecular weight is 273 g/mol. The number of methoxy groups -OCH3 is 1. The molecule has 0 bridgehead atoms. The highest BCUT2D eigenvalue weighted by molar-refractivity contribution is 5.71. The summed E-state index contributed by atoms with van der Waals surface area (Å²) in [5, 5.41) is 1.79. The number of rotatable bonds is 3. The molecule has 1 heterocycles. The van der Waals surface area contributed by atoms with Crippen molar-refractivity contribution in [3.63, 3.8) is 0 Å². The van der Waals surface area contributed by atoms with Gasteiger partial charge in [-0.15, -0.1) is 0 Å². The molecule has 7 nitrogen and oxygen atoms in total. The molecule has 0 atom stereocenters. The third-order valence-corrected chi connectivity index (χ3v) is 2.60.